The maximum absolute atomic E-state index is 14.2. The molecule has 1 unspecified atom stereocenters. The smallest absolute Gasteiger partial charge is 0.261 e. The number of aromatic nitrogens is 3. The topological polar surface area (TPSA) is 103 Å². The van der Waals surface area contributed by atoms with E-state index >= 15 is 0 Å². The summed E-state index contributed by atoms with van der Waals surface area (Å²) in [6.45, 7) is 0. The minimum atomic E-state index is -3.09. The van der Waals surface area contributed by atoms with Crippen molar-refractivity contribution in [3.8, 4) is 0 Å². The molecule has 11 heteroatoms. The summed E-state index contributed by atoms with van der Waals surface area (Å²) in [7, 11) is 0. The van der Waals surface area contributed by atoms with E-state index in [-0.39, 0.29) is 17.0 Å². The molecule has 0 fully saturated rings. The van der Waals surface area contributed by atoms with Gasteiger partial charge in [-0.15, -0.1) is 0 Å². The van der Waals surface area contributed by atoms with Gasteiger partial charge in [0.25, 0.3) is 5.91 Å². The molecule has 1 N–H and O–H groups in total. The molecule has 4 rings (SSSR count). The number of carbonyl (C=O) groups excluding carboxylic acids is 1. The number of halogens is 2. The number of hydrogen-bond acceptors (Lipinski definition) is 5. The molecule has 2 aromatic heterocycles. The quantitative estimate of drug-likeness (QED) is 0.492. The van der Waals surface area contributed by atoms with Crippen molar-refractivity contribution >= 4 is 40.0 Å². The first-order valence-corrected chi connectivity index (χ1v) is 9.53. The van der Waals surface area contributed by atoms with E-state index in [1.807, 2.05) is 0 Å². The summed E-state index contributed by atoms with van der Waals surface area (Å²) in [5.41, 5.74) is -0.217. The molecule has 0 spiro atoms. The van der Waals surface area contributed by atoms with Crippen LogP contribution in [0.25, 0.3) is 5.65 Å². The summed E-state index contributed by atoms with van der Waals surface area (Å²) in [5, 5.41) is 6.68. The van der Waals surface area contributed by atoms with E-state index in [0.29, 0.717) is 9.99 Å². The summed E-state index contributed by atoms with van der Waals surface area (Å²) >= 11 is -3.09. The maximum atomic E-state index is 14.2. The average molecular weight is 428 g/mol. The molecule has 2 aromatic carbocycles. The third-order valence-corrected chi connectivity index (χ3v) is 4.80. The number of nitrogens with one attached hydrogen (secondary N) is 1. The van der Waals surface area contributed by atoms with Gasteiger partial charge in [-0.05, 0) is 24.3 Å². The molecule has 1 amide bonds. The number of carbonyl (C=O) groups is 1. The van der Waals surface area contributed by atoms with Crippen LogP contribution in [0.15, 0.2) is 67.0 Å². The van der Waals surface area contributed by atoms with Crippen molar-refractivity contribution in [2.45, 2.75) is 0 Å². The van der Waals surface area contributed by atoms with Gasteiger partial charge in [0, 0.05) is 18.0 Å². The van der Waals surface area contributed by atoms with E-state index < -0.39 is 34.5 Å². The Morgan fingerprint density at radius 3 is 2.43 bits per heavy atom. The minimum Gasteiger partial charge on any atom is -0.755 e. The van der Waals surface area contributed by atoms with E-state index in [2.05, 4.69) is 15.4 Å². The van der Waals surface area contributed by atoms with Gasteiger partial charge in [0.2, 0.25) is 0 Å². The fourth-order valence-corrected chi connectivity index (χ4v) is 3.38. The lowest BCUT2D eigenvalue weighted by atomic mass is 10.2. The zero-order valence-electron chi connectivity index (χ0n) is 15.0. The van der Waals surface area contributed by atoms with Crippen LogP contribution < -0.4 is 9.62 Å². The van der Waals surface area contributed by atoms with Crippen LogP contribution >= 0.6 is 0 Å². The molecule has 2 heterocycles. The van der Waals surface area contributed by atoms with E-state index in [1.54, 1.807) is 30.3 Å². The third kappa shape index (κ3) is 3.63. The van der Waals surface area contributed by atoms with Crippen molar-refractivity contribution in [1.29, 1.82) is 0 Å². The molecule has 1 atom stereocenters. The number of fused-ring (bicyclic) bond motifs is 1. The highest BCUT2D eigenvalue weighted by molar-refractivity contribution is 7.81. The molecule has 0 aliphatic rings. The summed E-state index contributed by atoms with van der Waals surface area (Å²) in [6, 6.07) is 12.8. The van der Waals surface area contributed by atoms with Gasteiger partial charge in [-0.25, -0.2) is 22.6 Å². The summed E-state index contributed by atoms with van der Waals surface area (Å²) in [4.78, 5) is 16.7. The van der Waals surface area contributed by atoms with E-state index in [9.17, 15) is 22.3 Å². The van der Waals surface area contributed by atoms with Gasteiger partial charge in [-0.3, -0.25) is 9.00 Å². The number of para-hydroxylation sites is 2. The molecular formula is C19H12F2N5O3S-. The van der Waals surface area contributed by atoms with Crippen molar-refractivity contribution in [1.82, 2.24) is 14.6 Å². The SMILES string of the molecule is O=C(Nc1ccccc1)c1cnn2ccc(N(c3c(F)cccc3F)S(=O)[O-])nc12. The highest BCUT2D eigenvalue weighted by Gasteiger charge is 2.22. The van der Waals surface area contributed by atoms with Crippen LogP contribution in [0.4, 0.5) is 26.0 Å². The molecule has 0 saturated carbocycles. The predicted octanol–water partition coefficient (Wildman–Crippen LogP) is 3.19. The first-order valence-electron chi connectivity index (χ1n) is 8.50. The second kappa shape index (κ2) is 7.97. The molecule has 0 bridgehead atoms. The lowest BCUT2D eigenvalue weighted by molar-refractivity contribution is 0.102. The molecule has 30 heavy (non-hydrogen) atoms. The van der Waals surface area contributed by atoms with E-state index in [4.69, 9.17) is 0 Å². The van der Waals surface area contributed by atoms with Crippen LogP contribution in [0.5, 0.6) is 0 Å². The Labute approximate surface area is 171 Å². The second-order valence-corrected chi connectivity index (χ2v) is 6.81. The summed E-state index contributed by atoms with van der Waals surface area (Å²) in [6.07, 6.45) is 2.59. The molecule has 8 nitrogen and oxygen atoms in total. The molecule has 0 saturated heterocycles. The molecule has 0 radical (unpaired) electrons. The van der Waals surface area contributed by atoms with Crippen LogP contribution in [-0.4, -0.2) is 29.3 Å². The Balaban J connectivity index is 1.78. The molecule has 4 aromatic rings. The summed E-state index contributed by atoms with van der Waals surface area (Å²) < 4.78 is 53.6. The van der Waals surface area contributed by atoms with Crippen molar-refractivity contribution in [3.05, 3.63) is 84.2 Å². The lowest BCUT2D eigenvalue weighted by Crippen LogP contribution is -2.23. The van der Waals surface area contributed by atoms with Crippen molar-refractivity contribution < 1.29 is 22.3 Å². The third-order valence-electron chi connectivity index (χ3n) is 4.13. The number of anilines is 3. The fourth-order valence-electron chi connectivity index (χ4n) is 2.80. The van der Waals surface area contributed by atoms with Crippen LogP contribution in [0.3, 0.4) is 0 Å². The van der Waals surface area contributed by atoms with Gasteiger partial charge < -0.3 is 9.87 Å². The van der Waals surface area contributed by atoms with Gasteiger partial charge in [-0.2, -0.15) is 5.10 Å². The molecule has 0 aliphatic heterocycles. The van der Waals surface area contributed by atoms with Crippen molar-refractivity contribution in [2.75, 3.05) is 9.62 Å². The Hall–Kier alpha value is -3.70. The predicted molar refractivity (Wildman–Crippen MR) is 105 cm³/mol. The van der Waals surface area contributed by atoms with E-state index in [1.165, 1.54) is 23.0 Å². The average Bonchev–Trinajstić information content (AvgIpc) is 3.14. The number of hydrogen-bond donors (Lipinski definition) is 1. The van der Waals surface area contributed by atoms with Gasteiger partial charge in [0.05, 0.1) is 17.5 Å². The van der Waals surface area contributed by atoms with Gasteiger partial charge in [-0.1, -0.05) is 24.3 Å². The van der Waals surface area contributed by atoms with Gasteiger partial charge >= 0.3 is 0 Å². The zero-order chi connectivity index (χ0) is 21.3. The Bertz CT molecular complexity index is 1250. The Morgan fingerprint density at radius 2 is 1.77 bits per heavy atom. The maximum Gasteiger partial charge on any atom is 0.261 e. The van der Waals surface area contributed by atoms with Crippen LogP contribution in [-0.2, 0) is 11.3 Å². The number of amides is 1. The fraction of sp³-hybridized carbons (Fsp3) is 0. The zero-order valence-corrected chi connectivity index (χ0v) is 15.8. The minimum absolute atomic E-state index is 0.00753. The Morgan fingerprint density at radius 1 is 1.07 bits per heavy atom. The Kier molecular flexibility index (Phi) is 5.21. The van der Waals surface area contributed by atoms with Crippen LogP contribution in [0.1, 0.15) is 10.4 Å². The van der Waals surface area contributed by atoms with Crippen molar-refractivity contribution in [2.24, 2.45) is 0 Å². The number of nitrogens with zero attached hydrogens (tertiary/aromatic N) is 4. The normalized spacial score (nSPS) is 12.0. The standard InChI is InChI=1S/C19H13F2N5O3S/c20-14-7-4-8-15(21)17(14)26(30(28)29)16-9-10-25-18(24-16)13(11-22-25)19(27)23-12-5-2-1-3-6-12/h1-11H,(H,23,27)(H,28,29)/p-1. The second-order valence-electron chi connectivity index (χ2n) is 6.01. The van der Waals surface area contributed by atoms with Gasteiger partial charge in [0.1, 0.15) is 17.1 Å². The van der Waals surface area contributed by atoms with Crippen LogP contribution in [0.2, 0.25) is 0 Å². The van der Waals surface area contributed by atoms with Crippen molar-refractivity contribution in [3.63, 3.8) is 0 Å². The van der Waals surface area contributed by atoms with Crippen LogP contribution in [0, 0.1) is 11.6 Å². The highest BCUT2D eigenvalue weighted by Crippen LogP contribution is 2.31. The van der Waals surface area contributed by atoms with Gasteiger partial charge in [0.15, 0.2) is 17.3 Å². The molecule has 0 aliphatic carbocycles. The summed E-state index contributed by atoms with van der Waals surface area (Å²) in [5.74, 6) is -3.02. The largest absolute Gasteiger partial charge is 0.755 e. The first-order chi connectivity index (χ1) is 14.5. The lowest BCUT2D eigenvalue weighted by Gasteiger charge is -2.26. The highest BCUT2D eigenvalue weighted by atomic mass is 32.2. The number of rotatable bonds is 5. The monoisotopic (exact) mass is 428 g/mol. The molecule has 152 valence electrons. The number of benzene rings is 2. The first kappa shape index (κ1) is 19.6. The van der Waals surface area contributed by atoms with E-state index in [0.717, 1.165) is 18.2 Å². The molecular weight excluding hydrogens is 416 g/mol.